The third-order valence-corrected chi connectivity index (χ3v) is 4.91. The second kappa shape index (κ2) is 6.75. The standard InChI is InChI=1S/C17H33N3O2/c1-16(2,3)22-15(21)20-9-7-17(4,8-10-20)12-19-14-6-5-13(18)11-14/h13-14,19H,5-12,18H2,1-4H3. The molecule has 0 bridgehead atoms. The lowest BCUT2D eigenvalue weighted by Gasteiger charge is -2.40. The highest BCUT2D eigenvalue weighted by molar-refractivity contribution is 5.68. The monoisotopic (exact) mass is 311 g/mol. The summed E-state index contributed by atoms with van der Waals surface area (Å²) in [5.74, 6) is 0. The minimum atomic E-state index is -0.416. The number of nitrogens with two attached hydrogens (primary N) is 1. The van der Waals surface area contributed by atoms with E-state index >= 15 is 0 Å². The number of nitrogens with one attached hydrogen (secondary N) is 1. The Labute approximate surface area is 134 Å². The molecule has 3 N–H and O–H groups in total. The lowest BCUT2D eigenvalue weighted by atomic mass is 9.80. The van der Waals surface area contributed by atoms with Crippen LogP contribution in [0.3, 0.4) is 0 Å². The van der Waals surface area contributed by atoms with Crippen LogP contribution in [0, 0.1) is 5.41 Å². The topological polar surface area (TPSA) is 67.6 Å². The number of amides is 1. The summed E-state index contributed by atoms with van der Waals surface area (Å²) in [7, 11) is 0. The Balaban J connectivity index is 1.74. The first kappa shape index (κ1) is 17.5. The molecule has 0 spiro atoms. The summed E-state index contributed by atoms with van der Waals surface area (Å²) >= 11 is 0. The Morgan fingerprint density at radius 2 is 1.95 bits per heavy atom. The number of nitrogens with zero attached hydrogens (tertiary/aromatic N) is 1. The van der Waals surface area contributed by atoms with Crippen molar-refractivity contribution in [2.24, 2.45) is 11.1 Å². The number of hydrogen-bond acceptors (Lipinski definition) is 4. The van der Waals surface area contributed by atoms with Gasteiger partial charge in [-0.3, -0.25) is 0 Å². The highest BCUT2D eigenvalue weighted by Crippen LogP contribution is 2.31. The van der Waals surface area contributed by atoms with Crippen LogP contribution in [-0.2, 0) is 4.74 Å². The smallest absolute Gasteiger partial charge is 0.410 e. The molecule has 1 aliphatic carbocycles. The Hall–Kier alpha value is -0.810. The van der Waals surface area contributed by atoms with Crippen molar-refractivity contribution in [2.45, 2.75) is 77.5 Å². The normalized spacial score (nSPS) is 28.7. The van der Waals surface area contributed by atoms with Crippen LogP contribution in [0.5, 0.6) is 0 Å². The maximum atomic E-state index is 12.1. The first-order valence-corrected chi connectivity index (χ1v) is 8.64. The van der Waals surface area contributed by atoms with Crippen LogP contribution >= 0.6 is 0 Å². The molecule has 2 atom stereocenters. The Morgan fingerprint density at radius 3 is 2.45 bits per heavy atom. The lowest BCUT2D eigenvalue weighted by Crippen LogP contribution is -2.48. The van der Waals surface area contributed by atoms with Crippen LogP contribution in [0.1, 0.15) is 59.8 Å². The van der Waals surface area contributed by atoms with E-state index in [-0.39, 0.29) is 11.5 Å². The fraction of sp³-hybridized carbons (Fsp3) is 0.941. The number of likely N-dealkylation sites (tertiary alicyclic amines) is 1. The molecule has 5 nitrogen and oxygen atoms in total. The summed E-state index contributed by atoms with van der Waals surface area (Å²) in [4.78, 5) is 13.9. The minimum Gasteiger partial charge on any atom is -0.444 e. The van der Waals surface area contributed by atoms with Crippen molar-refractivity contribution < 1.29 is 9.53 Å². The molecule has 1 aliphatic heterocycles. The molecule has 0 aromatic heterocycles. The number of piperidine rings is 1. The van der Waals surface area contributed by atoms with Crippen LogP contribution in [-0.4, -0.2) is 48.3 Å². The quantitative estimate of drug-likeness (QED) is 0.840. The molecule has 1 heterocycles. The van der Waals surface area contributed by atoms with Gasteiger partial charge < -0.3 is 20.7 Å². The van der Waals surface area contributed by atoms with Crippen molar-refractivity contribution in [3.05, 3.63) is 0 Å². The first-order valence-electron chi connectivity index (χ1n) is 8.64. The molecule has 0 aromatic rings. The first-order chi connectivity index (χ1) is 10.2. The van der Waals surface area contributed by atoms with E-state index in [1.807, 2.05) is 25.7 Å². The fourth-order valence-corrected chi connectivity index (χ4v) is 3.32. The average molecular weight is 311 g/mol. The van der Waals surface area contributed by atoms with E-state index in [9.17, 15) is 4.79 Å². The van der Waals surface area contributed by atoms with Gasteiger partial charge in [0.25, 0.3) is 0 Å². The van der Waals surface area contributed by atoms with E-state index in [4.69, 9.17) is 10.5 Å². The van der Waals surface area contributed by atoms with Gasteiger partial charge >= 0.3 is 6.09 Å². The second-order valence-corrected chi connectivity index (χ2v) is 8.43. The van der Waals surface area contributed by atoms with Gasteiger partial charge in [-0.05, 0) is 58.3 Å². The number of carbonyl (C=O) groups is 1. The molecule has 1 saturated carbocycles. The number of rotatable bonds is 3. The van der Waals surface area contributed by atoms with E-state index in [1.54, 1.807) is 0 Å². The van der Waals surface area contributed by atoms with Crippen molar-refractivity contribution in [2.75, 3.05) is 19.6 Å². The highest BCUT2D eigenvalue weighted by atomic mass is 16.6. The zero-order chi connectivity index (χ0) is 16.4. The second-order valence-electron chi connectivity index (χ2n) is 8.43. The summed E-state index contributed by atoms with van der Waals surface area (Å²) in [6, 6.07) is 0.954. The summed E-state index contributed by atoms with van der Waals surface area (Å²) < 4.78 is 5.46. The van der Waals surface area contributed by atoms with Gasteiger partial charge in [-0.25, -0.2) is 4.79 Å². The number of carbonyl (C=O) groups excluding carboxylic acids is 1. The molecule has 1 amide bonds. The van der Waals surface area contributed by atoms with Crippen LogP contribution in [0.15, 0.2) is 0 Å². The van der Waals surface area contributed by atoms with E-state index in [1.165, 1.54) is 6.42 Å². The van der Waals surface area contributed by atoms with Gasteiger partial charge in [0, 0.05) is 31.7 Å². The third kappa shape index (κ3) is 5.13. The number of hydrogen-bond donors (Lipinski definition) is 2. The predicted molar refractivity (Wildman–Crippen MR) is 88.8 cm³/mol. The van der Waals surface area contributed by atoms with Gasteiger partial charge in [0.1, 0.15) is 5.60 Å². The Kier molecular flexibility index (Phi) is 5.38. The summed E-state index contributed by atoms with van der Waals surface area (Å²) in [5.41, 5.74) is 5.82. The zero-order valence-corrected chi connectivity index (χ0v) is 14.7. The van der Waals surface area contributed by atoms with Crippen LogP contribution in [0.25, 0.3) is 0 Å². The molecule has 1 saturated heterocycles. The Bertz CT molecular complexity index is 384. The maximum absolute atomic E-state index is 12.1. The van der Waals surface area contributed by atoms with E-state index < -0.39 is 5.60 Å². The molecule has 2 unspecified atom stereocenters. The van der Waals surface area contributed by atoms with Gasteiger partial charge in [0.2, 0.25) is 0 Å². The SMILES string of the molecule is CC1(CNC2CCC(N)C2)CCN(C(=O)OC(C)(C)C)CC1. The molecule has 0 radical (unpaired) electrons. The van der Waals surface area contributed by atoms with Crippen molar-refractivity contribution in [1.29, 1.82) is 0 Å². The Morgan fingerprint density at radius 1 is 1.32 bits per heavy atom. The van der Waals surface area contributed by atoms with Gasteiger partial charge in [-0.15, -0.1) is 0 Å². The molecular formula is C17H33N3O2. The van der Waals surface area contributed by atoms with E-state index in [2.05, 4.69) is 12.2 Å². The molecule has 2 rings (SSSR count). The van der Waals surface area contributed by atoms with Gasteiger partial charge in [0.05, 0.1) is 0 Å². The summed E-state index contributed by atoms with van der Waals surface area (Å²) in [6.45, 7) is 10.7. The maximum Gasteiger partial charge on any atom is 0.410 e. The average Bonchev–Trinajstić information content (AvgIpc) is 2.81. The van der Waals surface area contributed by atoms with Gasteiger partial charge in [-0.2, -0.15) is 0 Å². The fourth-order valence-electron chi connectivity index (χ4n) is 3.32. The predicted octanol–water partition coefficient (Wildman–Crippen LogP) is 2.49. The molecular weight excluding hydrogens is 278 g/mol. The summed E-state index contributed by atoms with van der Waals surface area (Å²) in [6.07, 6.45) is 5.31. The minimum absolute atomic E-state index is 0.177. The number of ether oxygens (including phenoxy) is 1. The summed E-state index contributed by atoms with van der Waals surface area (Å²) in [5, 5.41) is 3.69. The molecule has 22 heavy (non-hydrogen) atoms. The molecule has 128 valence electrons. The van der Waals surface area contributed by atoms with Gasteiger partial charge in [-0.1, -0.05) is 6.92 Å². The van der Waals surface area contributed by atoms with Gasteiger partial charge in [0.15, 0.2) is 0 Å². The highest BCUT2D eigenvalue weighted by Gasteiger charge is 2.34. The van der Waals surface area contributed by atoms with E-state index in [0.29, 0.717) is 12.1 Å². The third-order valence-electron chi connectivity index (χ3n) is 4.91. The van der Waals surface area contributed by atoms with Crippen molar-refractivity contribution in [3.63, 3.8) is 0 Å². The largest absolute Gasteiger partial charge is 0.444 e. The van der Waals surface area contributed by atoms with Crippen LogP contribution in [0.2, 0.25) is 0 Å². The lowest BCUT2D eigenvalue weighted by molar-refractivity contribution is 0.0117. The molecule has 0 aromatic carbocycles. The molecule has 2 aliphatic rings. The van der Waals surface area contributed by atoms with Crippen molar-refractivity contribution in [3.8, 4) is 0 Å². The zero-order valence-electron chi connectivity index (χ0n) is 14.7. The molecule has 5 heteroatoms. The molecule has 2 fully saturated rings. The van der Waals surface area contributed by atoms with Crippen LogP contribution < -0.4 is 11.1 Å². The van der Waals surface area contributed by atoms with E-state index in [0.717, 1.165) is 45.3 Å². The van der Waals surface area contributed by atoms with Crippen LogP contribution in [0.4, 0.5) is 4.79 Å². The van der Waals surface area contributed by atoms with Crippen molar-refractivity contribution in [1.82, 2.24) is 10.2 Å². The van der Waals surface area contributed by atoms with Crippen molar-refractivity contribution >= 4 is 6.09 Å².